The smallest absolute Gasteiger partial charge is 0.123 e. The Morgan fingerprint density at radius 1 is 1.22 bits per heavy atom. The molecule has 2 aromatic rings. The number of furan rings is 1. The number of aryl methyl sites for hydroxylation is 1. The van der Waals surface area contributed by atoms with Crippen molar-refractivity contribution in [2.45, 2.75) is 31.8 Å². The fourth-order valence-electron chi connectivity index (χ4n) is 2.54. The Hall–Kier alpha value is -1.61. The third-order valence-corrected chi connectivity index (χ3v) is 3.52. The van der Waals surface area contributed by atoms with Crippen LogP contribution in [0.15, 0.2) is 41.0 Å². The van der Waals surface area contributed by atoms with Gasteiger partial charge in [0.1, 0.15) is 11.6 Å². The van der Waals surface area contributed by atoms with Crippen LogP contribution in [-0.4, -0.2) is 0 Å². The van der Waals surface area contributed by atoms with Crippen LogP contribution in [0.4, 0.5) is 4.39 Å². The fourth-order valence-corrected chi connectivity index (χ4v) is 2.54. The molecule has 0 bridgehead atoms. The molecule has 1 heterocycles. The summed E-state index contributed by atoms with van der Waals surface area (Å²) in [6.45, 7) is 0.759. The SMILES string of the molecule is Fc1ccc(CNC2CCCc3occc32)cc1. The van der Waals surface area contributed by atoms with Crippen molar-refractivity contribution in [1.29, 1.82) is 0 Å². The van der Waals surface area contributed by atoms with E-state index in [1.165, 1.54) is 17.7 Å². The maximum atomic E-state index is 12.8. The Balaban J connectivity index is 1.66. The summed E-state index contributed by atoms with van der Waals surface area (Å²) in [4.78, 5) is 0. The molecule has 18 heavy (non-hydrogen) atoms. The van der Waals surface area contributed by atoms with E-state index in [0.717, 1.165) is 37.1 Å². The molecule has 1 aromatic carbocycles. The molecule has 0 amide bonds. The molecule has 94 valence electrons. The summed E-state index contributed by atoms with van der Waals surface area (Å²) in [5.41, 5.74) is 2.38. The van der Waals surface area contributed by atoms with Crippen LogP contribution in [0.5, 0.6) is 0 Å². The van der Waals surface area contributed by atoms with Gasteiger partial charge in [-0.2, -0.15) is 0 Å². The summed E-state index contributed by atoms with van der Waals surface area (Å²) in [6, 6.07) is 9.06. The van der Waals surface area contributed by atoms with Crippen molar-refractivity contribution >= 4 is 0 Å². The Morgan fingerprint density at radius 3 is 2.89 bits per heavy atom. The predicted molar refractivity (Wildman–Crippen MR) is 67.6 cm³/mol. The van der Waals surface area contributed by atoms with Crippen molar-refractivity contribution < 1.29 is 8.81 Å². The van der Waals surface area contributed by atoms with Gasteiger partial charge in [-0.25, -0.2) is 4.39 Å². The molecule has 2 nitrogen and oxygen atoms in total. The lowest BCUT2D eigenvalue weighted by molar-refractivity contribution is 0.411. The first-order chi connectivity index (χ1) is 8.83. The molecule has 3 heteroatoms. The average Bonchev–Trinajstić information content (AvgIpc) is 2.87. The Labute approximate surface area is 106 Å². The van der Waals surface area contributed by atoms with Crippen LogP contribution in [0.3, 0.4) is 0 Å². The second-order valence-electron chi connectivity index (χ2n) is 4.75. The van der Waals surface area contributed by atoms with Gasteiger partial charge >= 0.3 is 0 Å². The van der Waals surface area contributed by atoms with Gasteiger partial charge in [0.15, 0.2) is 0 Å². The summed E-state index contributed by atoms with van der Waals surface area (Å²) >= 11 is 0. The summed E-state index contributed by atoms with van der Waals surface area (Å²) in [5.74, 6) is 0.923. The van der Waals surface area contributed by atoms with Gasteiger partial charge in [-0.05, 0) is 36.6 Å². The van der Waals surface area contributed by atoms with Gasteiger partial charge in [0.25, 0.3) is 0 Å². The molecule has 3 rings (SSSR count). The van der Waals surface area contributed by atoms with Gasteiger partial charge in [0.2, 0.25) is 0 Å². The van der Waals surface area contributed by atoms with Crippen LogP contribution >= 0.6 is 0 Å². The highest BCUT2D eigenvalue weighted by atomic mass is 19.1. The second-order valence-corrected chi connectivity index (χ2v) is 4.75. The van der Waals surface area contributed by atoms with Gasteiger partial charge in [-0.3, -0.25) is 0 Å². The number of hydrogen-bond acceptors (Lipinski definition) is 2. The molecule has 0 radical (unpaired) electrons. The number of hydrogen-bond donors (Lipinski definition) is 1. The van der Waals surface area contributed by atoms with E-state index in [2.05, 4.69) is 11.4 Å². The zero-order valence-corrected chi connectivity index (χ0v) is 10.2. The molecule has 0 aliphatic heterocycles. The van der Waals surface area contributed by atoms with Crippen LogP contribution < -0.4 is 5.32 Å². The zero-order valence-electron chi connectivity index (χ0n) is 10.2. The topological polar surface area (TPSA) is 25.2 Å². The molecule has 1 N–H and O–H groups in total. The number of rotatable bonds is 3. The number of benzene rings is 1. The molecule has 0 spiro atoms. The van der Waals surface area contributed by atoms with E-state index in [0.29, 0.717) is 6.04 Å². The minimum atomic E-state index is -0.187. The third-order valence-electron chi connectivity index (χ3n) is 3.52. The Morgan fingerprint density at radius 2 is 2.06 bits per heavy atom. The summed E-state index contributed by atoms with van der Waals surface area (Å²) < 4.78 is 18.3. The average molecular weight is 245 g/mol. The molecular formula is C15H16FNO. The first-order valence-electron chi connectivity index (χ1n) is 6.37. The monoisotopic (exact) mass is 245 g/mol. The predicted octanol–water partition coefficient (Wildman–Crippen LogP) is 3.59. The maximum absolute atomic E-state index is 12.8. The van der Waals surface area contributed by atoms with Gasteiger partial charge < -0.3 is 9.73 Å². The molecule has 1 aromatic heterocycles. The van der Waals surface area contributed by atoms with Crippen LogP contribution in [0, 0.1) is 5.82 Å². The van der Waals surface area contributed by atoms with Crippen LogP contribution in [-0.2, 0) is 13.0 Å². The molecule has 1 atom stereocenters. The molecule has 0 fully saturated rings. The second kappa shape index (κ2) is 4.94. The van der Waals surface area contributed by atoms with E-state index in [1.807, 2.05) is 12.1 Å². The van der Waals surface area contributed by atoms with E-state index in [9.17, 15) is 4.39 Å². The van der Waals surface area contributed by atoms with Crippen molar-refractivity contribution in [1.82, 2.24) is 5.32 Å². The third kappa shape index (κ3) is 2.31. The van der Waals surface area contributed by atoms with Crippen LogP contribution in [0.25, 0.3) is 0 Å². The summed E-state index contributed by atoms with van der Waals surface area (Å²) in [7, 11) is 0. The summed E-state index contributed by atoms with van der Waals surface area (Å²) in [6.07, 6.45) is 5.09. The van der Waals surface area contributed by atoms with Crippen molar-refractivity contribution in [3.63, 3.8) is 0 Å². The first kappa shape index (κ1) is 11.5. The lowest BCUT2D eigenvalue weighted by Crippen LogP contribution is -2.23. The molecule has 0 saturated heterocycles. The van der Waals surface area contributed by atoms with Crippen LogP contribution in [0.1, 0.15) is 35.8 Å². The van der Waals surface area contributed by atoms with Gasteiger partial charge in [-0.1, -0.05) is 12.1 Å². The molecule has 1 aliphatic rings. The standard InChI is InChI=1S/C15H16FNO/c16-12-6-4-11(5-7-12)10-17-14-2-1-3-15-13(14)8-9-18-15/h4-9,14,17H,1-3,10H2. The Kier molecular flexibility index (Phi) is 3.15. The van der Waals surface area contributed by atoms with Crippen molar-refractivity contribution in [3.8, 4) is 0 Å². The molecule has 0 saturated carbocycles. The molecule has 1 aliphatic carbocycles. The number of fused-ring (bicyclic) bond motifs is 1. The van der Waals surface area contributed by atoms with Crippen molar-refractivity contribution in [2.75, 3.05) is 0 Å². The highest BCUT2D eigenvalue weighted by Gasteiger charge is 2.21. The number of nitrogens with one attached hydrogen (secondary N) is 1. The quantitative estimate of drug-likeness (QED) is 0.894. The maximum Gasteiger partial charge on any atom is 0.123 e. The zero-order chi connectivity index (χ0) is 12.4. The molecule has 1 unspecified atom stereocenters. The largest absolute Gasteiger partial charge is 0.469 e. The Bertz CT molecular complexity index is 518. The minimum absolute atomic E-state index is 0.187. The van der Waals surface area contributed by atoms with Crippen molar-refractivity contribution in [2.24, 2.45) is 0 Å². The lowest BCUT2D eigenvalue weighted by Gasteiger charge is -2.22. The lowest BCUT2D eigenvalue weighted by atomic mass is 9.93. The molecular weight excluding hydrogens is 229 g/mol. The van der Waals surface area contributed by atoms with Gasteiger partial charge in [0.05, 0.1) is 6.26 Å². The van der Waals surface area contributed by atoms with Crippen LogP contribution in [0.2, 0.25) is 0 Å². The fraction of sp³-hybridized carbons (Fsp3) is 0.333. The minimum Gasteiger partial charge on any atom is -0.469 e. The van der Waals surface area contributed by atoms with E-state index in [-0.39, 0.29) is 5.82 Å². The first-order valence-corrected chi connectivity index (χ1v) is 6.37. The van der Waals surface area contributed by atoms with E-state index >= 15 is 0 Å². The van der Waals surface area contributed by atoms with Crippen molar-refractivity contribution in [3.05, 3.63) is 59.3 Å². The van der Waals surface area contributed by atoms with Gasteiger partial charge in [0, 0.05) is 24.6 Å². The van der Waals surface area contributed by atoms with E-state index in [1.54, 1.807) is 6.26 Å². The highest BCUT2D eigenvalue weighted by molar-refractivity contribution is 5.24. The number of halogens is 1. The highest BCUT2D eigenvalue weighted by Crippen LogP contribution is 2.30. The van der Waals surface area contributed by atoms with Gasteiger partial charge in [-0.15, -0.1) is 0 Å². The normalized spacial score (nSPS) is 18.6. The van der Waals surface area contributed by atoms with E-state index < -0.39 is 0 Å². The van der Waals surface area contributed by atoms with E-state index in [4.69, 9.17) is 4.42 Å². The summed E-state index contributed by atoms with van der Waals surface area (Å²) in [5, 5.41) is 3.52.